The van der Waals surface area contributed by atoms with Crippen LogP contribution in [-0.2, 0) is 24.2 Å². The number of halogens is 1. The molecule has 0 bridgehead atoms. The summed E-state index contributed by atoms with van der Waals surface area (Å²) in [5, 5.41) is 15.1. The van der Waals surface area contributed by atoms with Gasteiger partial charge in [-0.2, -0.15) is 0 Å². The molecular weight excluding hydrogens is 444 g/mol. The van der Waals surface area contributed by atoms with E-state index in [2.05, 4.69) is 30.0 Å². The lowest BCUT2D eigenvalue weighted by atomic mass is 10.1. The largest absolute Gasteiger partial charge is 0.326 e. The first-order chi connectivity index (χ1) is 15.7. The van der Waals surface area contributed by atoms with Crippen LogP contribution in [0.2, 0.25) is 5.02 Å². The summed E-state index contributed by atoms with van der Waals surface area (Å²) < 4.78 is 2.15. The number of hydrogen-bond acceptors (Lipinski definition) is 6. The van der Waals surface area contributed by atoms with Crippen LogP contribution in [0.15, 0.2) is 48.1 Å². The van der Waals surface area contributed by atoms with E-state index in [0.717, 1.165) is 59.3 Å². The fourth-order valence-corrected chi connectivity index (χ4v) is 4.85. The molecule has 0 saturated heterocycles. The smallest absolute Gasteiger partial charge is 0.230 e. The Labute approximate surface area is 194 Å². The van der Waals surface area contributed by atoms with Crippen molar-refractivity contribution < 1.29 is 4.79 Å². The van der Waals surface area contributed by atoms with Crippen LogP contribution in [0.4, 0.5) is 5.69 Å². The Balaban J connectivity index is 1.32. The lowest BCUT2D eigenvalue weighted by Crippen LogP contribution is -2.14. The summed E-state index contributed by atoms with van der Waals surface area (Å²) in [6, 6.07) is 9.27. The van der Waals surface area contributed by atoms with Crippen LogP contribution in [-0.4, -0.2) is 30.6 Å². The minimum absolute atomic E-state index is 0.138. The van der Waals surface area contributed by atoms with Crippen molar-refractivity contribution in [2.45, 2.75) is 38.6 Å². The highest BCUT2D eigenvalue weighted by atomic mass is 35.5. The van der Waals surface area contributed by atoms with Crippen LogP contribution < -0.4 is 5.32 Å². The zero-order valence-corrected chi connectivity index (χ0v) is 18.9. The molecule has 1 aliphatic rings. The van der Waals surface area contributed by atoms with Gasteiger partial charge in [0.25, 0.3) is 0 Å². The Morgan fingerprint density at radius 2 is 2.12 bits per heavy atom. The predicted molar refractivity (Wildman–Crippen MR) is 126 cm³/mol. The number of aromatic nitrogens is 5. The maximum Gasteiger partial charge on any atom is 0.230 e. The molecule has 9 heteroatoms. The van der Waals surface area contributed by atoms with Crippen molar-refractivity contribution in [2.24, 2.45) is 0 Å². The number of pyridine rings is 1. The lowest BCUT2D eigenvalue weighted by molar-refractivity contribution is -0.115. The minimum atomic E-state index is -0.138. The van der Waals surface area contributed by atoms with Gasteiger partial charge in [0.15, 0.2) is 5.82 Å². The van der Waals surface area contributed by atoms with Crippen LogP contribution in [0.25, 0.3) is 22.0 Å². The third-order valence-corrected chi connectivity index (χ3v) is 6.67. The van der Waals surface area contributed by atoms with Gasteiger partial charge in [0.05, 0.1) is 17.1 Å². The molecule has 0 unspecified atom stereocenters. The number of amides is 1. The van der Waals surface area contributed by atoms with Crippen LogP contribution in [0, 0.1) is 0 Å². The summed E-state index contributed by atoms with van der Waals surface area (Å²) in [6.45, 7) is 0.883. The zero-order chi connectivity index (χ0) is 21.9. The Kier molecular flexibility index (Phi) is 5.96. The van der Waals surface area contributed by atoms with Crippen LogP contribution in [0.1, 0.15) is 30.8 Å². The van der Waals surface area contributed by atoms with E-state index in [1.165, 1.54) is 17.8 Å². The molecule has 162 valence electrons. The van der Waals surface area contributed by atoms with Crippen molar-refractivity contribution in [3.05, 3.63) is 64.6 Å². The predicted octanol–water partition coefficient (Wildman–Crippen LogP) is 5.02. The fraction of sp³-hybridized carbons (Fsp3) is 0.261. The summed E-state index contributed by atoms with van der Waals surface area (Å²) in [5.74, 6) is 1.61. The van der Waals surface area contributed by atoms with E-state index in [1.54, 1.807) is 24.5 Å². The highest BCUT2D eigenvalue weighted by molar-refractivity contribution is 7.13. The average molecular weight is 465 g/mol. The normalized spacial score (nSPS) is 13.4. The number of carbonyl (C=O) groups is 1. The molecule has 7 nitrogen and oxygen atoms in total. The molecule has 5 rings (SSSR count). The maximum atomic E-state index is 12.7. The minimum Gasteiger partial charge on any atom is -0.326 e. The van der Waals surface area contributed by atoms with E-state index < -0.39 is 0 Å². The first kappa shape index (κ1) is 20.8. The lowest BCUT2D eigenvalue weighted by Gasteiger charge is -2.11. The number of anilines is 1. The second kappa shape index (κ2) is 9.18. The van der Waals surface area contributed by atoms with Crippen molar-refractivity contribution in [3.63, 3.8) is 0 Å². The number of rotatable bonds is 5. The SMILES string of the molecule is O=C(Cc1csc(-c2cccnc2)n1)Nc1ccc(Cl)c(-c2nnc3n2CCCCC3)c1. The number of fused-ring (bicyclic) bond motifs is 1. The maximum absolute atomic E-state index is 12.7. The highest BCUT2D eigenvalue weighted by Crippen LogP contribution is 2.31. The number of thiazole rings is 1. The Bertz CT molecular complexity index is 1250. The Morgan fingerprint density at radius 1 is 1.19 bits per heavy atom. The van der Waals surface area contributed by atoms with E-state index >= 15 is 0 Å². The Morgan fingerprint density at radius 3 is 3.00 bits per heavy atom. The number of nitrogens with zero attached hydrogens (tertiary/aromatic N) is 5. The highest BCUT2D eigenvalue weighted by Gasteiger charge is 2.19. The van der Waals surface area contributed by atoms with Gasteiger partial charge in [-0.25, -0.2) is 4.98 Å². The van der Waals surface area contributed by atoms with Gasteiger partial charge in [-0.05, 0) is 43.2 Å². The van der Waals surface area contributed by atoms with Gasteiger partial charge < -0.3 is 9.88 Å². The van der Waals surface area contributed by atoms with Crippen LogP contribution >= 0.6 is 22.9 Å². The average Bonchev–Trinajstić information content (AvgIpc) is 3.36. The molecule has 4 aromatic rings. The number of carbonyl (C=O) groups excluding carboxylic acids is 1. The molecule has 0 radical (unpaired) electrons. The molecule has 0 atom stereocenters. The van der Waals surface area contributed by atoms with Crippen molar-refractivity contribution in [2.75, 3.05) is 5.32 Å². The molecule has 1 aromatic carbocycles. The summed E-state index contributed by atoms with van der Waals surface area (Å²) in [6.07, 6.45) is 8.02. The standard InChI is InChI=1S/C23H21ClN6OS/c24-19-8-7-16(11-18(19)22-29-28-20-6-2-1-3-10-30(20)22)26-21(31)12-17-14-32-23(27-17)15-5-4-9-25-13-15/h4-5,7-9,11,13-14H,1-3,6,10,12H2,(H,26,31). The van der Waals surface area contributed by atoms with Gasteiger partial charge in [-0.3, -0.25) is 9.78 Å². The molecule has 3 aromatic heterocycles. The first-order valence-electron chi connectivity index (χ1n) is 10.5. The molecule has 0 spiro atoms. The van der Waals surface area contributed by atoms with Gasteiger partial charge >= 0.3 is 0 Å². The van der Waals surface area contributed by atoms with Crippen molar-refractivity contribution >= 4 is 34.5 Å². The molecule has 0 fully saturated rings. The second-order valence-electron chi connectivity index (χ2n) is 7.71. The summed E-state index contributed by atoms with van der Waals surface area (Å²) in [5.41, 5.74) is 3.11. The van der Waals surface area contributed by atoms with Crippen molar-refractivity contribution in [1.29, 1.82) is 0 Å². The van der Waals surface area contributed by atoms with Crippen molar-refractivity contribution in [1.82, 2.24) is 24.7 Å². The van der Waals surface area contributed by atoms with Gasteiger partial charge in [0.2, 0.25) is 5.91 Å². The van der Waals surface area contributed by atoms with E-state index in [1.807, 2.05) is 23.6 Å². The van der Waals surface area contributed by atoms with E-state index in [9.17, 15) is 4.79 Å². The molecule has 1 amide bonds. The molecular formula is C23H21ClN6OS. The van der Waals surface area contributed by atoms with E-state index in [0.29, 0.717) is 10.7 Å². The number of hydrogen-bond donors (Lipinski definition) is 1. The zero-order valence-electron chi connectivity index (χ0n) is 17.3. The third-order valence-electron chi connectivity index (χ3n) is 5.40. The van der Waals surface area contributed by atoms with E-state index in [-0.39, 0.29) is 12.3 Å². The topological polar surface area (TPSA) is 85.6 Å². The molecule has 32 heavy (non-hydrogen) atoms. The van der Waals surface area contributed by atoms with E-state index in [4.69, 9.17) is 11.6 Å². The summed E-state index contributed by atoms with van der Waals surface area (Å²) in [4.78, 5) is 21.4. The van der Waals surface area contributed by atoms with Crippen LogP contribution in [0.3, 0.4) is 0 Å². The molecule has 1 N–H and O–H groups in total. The molecule has 4 heterocycles. The molecule has 0 saturated carbocycles. The second-order valence-corrected chi connectivity index (χ2v) is 8.97. The number of aryl methyl sites for hydroxylation is 1. The van der Waals surface area contributed by atoms with Crippen molar-refractivity contribution in [3.8, 4) is 22.0 Å². The summed E-state index contributed by atoms with van der Waals surface area (Å²) >= 11 is 7.99. The quantitative estimate of drug-likeness (QED) is 0.448. The number of benzene rings is 1. The van der Waals surface area contributed by atoms with Gasteiger partial charge in [0, 0.05) is 47.6 Å². The first-order valence-corrected chi connectivity index (χ1v) is 11.8. The van der Waals surface area contributed by atoms with Gasteiger partial charge in [0.1, 0.15) is 10.8 Å². The monoisotopic (exact) mass is 464 g/mol. The number of nitrogens with one attached hydrogen (secondary N) is 1. The van der Waals surface area contributed by atoms with Gasteiger partial charge in [-0.15, -0.1) is 21.5 Å². The summed E-state index contributed by atoms with van der Waals surface area (Å²) in [7, 11) is 0. The fourth-order valence-electron chi connectivity index (χ4n) is 3.84. The van der Waals surface area contributed by atoms with Crippen LogP contribution in [0.5, 0.6) is 0 Å². The molecule has 0 aliphatic carbocycles. The Hall–Kier alpha value is -3.10. The third kappa shape index (κ3) is 4.42. The van der Waals surface area contributed by atoms with Gasteiger partial charge in [-0.1, -0.05) is 18.0 Å². The molecule has 1 aliphatic heterocycles.